The molecule has 0 aliphatic rings. The largest absolute Gasteiger partial charge is 0.468 e. The summed E-state index contributed by atoms with van der Waals surface area (Å²) in [7, 11) is 0. The number of hydrogen-bond acceptors (Lipinski definition) is 5. The van der Waals surface area contributed by atoms with Crippen molar-refractivity contribution in [2.24, 2.45) is 5.92 Å². The second-order valence-corrected chi connectivity index (χ2v) is 9.53. The minimum atomic E-state index is -1.16. The van der Waals surface area contributed by atoms with Gasteiger partial charge < -0.3 is 15.1 Å². The van der Waals surface area contributed by atoms with Crippen LogP contribution < -0.4 is 10.6 Å². The van der Waals surface area contributed by atoms with E-state index in [-0.39, 0.29) is 29.3 Å². The molecule has 1 aromatic heterocycles. The first-order valence-corrected chi connectivity index (χ1v) is 12.6. The fourth-order valence-electron chi connectivity index (χ4n) is 3.52. The number of furan rings is 1. The fraction of sp³-hybridized carbons (Fsp3) is 0.520. The number of benzene rings is 1. The molecule has 0 aliphatic carbocycles. The molecule has 2 N–H and O–H groups in total. The van der Waals surface area contributed by atoms with E-state index < -0.39 is 17.5 Å². The zero-order valence-electron chi connectivity index (χ0n) is 19.5. The van der Waals surface area contributed by atoms with Gasteiger partial charge in [0.05, 0.1) is 29.4 Å². The van der Waals surface area contributed by atoms with Crippen LogP contribution in [0.1, 0.15) is 62.6 Å². The Morgan fingerprint density at radius 1 is 1.15 bits per heavy atom. The van der Waals surface area contributed by atoms with Crippen LogP contribution in [-0.4, -0.2) is 36.1 Å². The van der Waals surface area contributed by atoms with Crippen LogP contribution in [0.5, 0.6) is 0 Å². The number of rotatable bonds is 15. The number of carbonyl (C=O) groups excluding carboxylic acids is 2. The molecule has 1 heterocycles. The highest BCUT2D eigenvalue weighted by Gasteiger charge is 2.23. The summed E-state index contributed by atoms with van der Waals surface area (Å²) in [6.07, 6.45) is 4.83. The number of hydrogen-bond donors (Lipinski definition) is 2. The number of Topliss-reactive ketones (excluding diaryl/α,β-unsaturated/α-hetero) is 1. The lowest BCUT2D eigenvalue weighted by Crippen LogP contribution is -2.48. The summed E-state index contributed by atoms with van der Waals surface area (Å²) in [5, 5.41) is 6.13. The maximum atomic E-state index is 14.0. The summed E-state index contributed by atoms with van der Waals surface area (Å²) in [6, 6.07) is 6.60. The average molecular weight is 481 g/mol. The van der Waals surface area contributed by atoms with Crippen molar-refractivity contribution in [3.63, 3.8) is 0 Å². The SMILES string of the molecule is CCCCC(NCC(CC(C)C)NC(=O)c1cccc(F)c1F)C(=O)CSCc1ccco1. The van der Waals surface area contributed by atoms with Crippen molar-refractivity contribution in [1.29, 1.82) is 0 Å². The first-order chi connectivity index (χ1) is 15.8. The second kappa shape index (κ2) is 14.2. The lowest BCUT2D eigenvalue weighted by molar-refractivity contribution is -0.118. The number of amides is 1. The Bertz CT molecular complexity index is 875. The van der Waals surface area contributed by atoms with Crippen molar-refractivity contribution < 1.29 is 22.8 Å². The minimum Gasteiger partial charge on any atom is -0.468 e. The van der Waals surface area contributed by atoms with E-state index in [4.69, 9.17) is 4.42 Å². The highest BCUT2D eigenvalue weighted by Crippen LogP contribution is 2.15. The predicted octanol–water partition coefficient (Wildman–Crippen LogP) is 5.35. The third kappa shape index (κ3) is 9.29. The van der Waals surface area contributed by atoms with Crippen LogP contribution in [0.3, 0.4) is 0 Å². The fourth-order valence-corrected chi connectivity index (χ4v) is 4.39. The Morgan fingerprint density at radius 3 is 2.61 bits per heavy atom. The summed E-state index contributed by atoms with van der Waals surface area (Å²) in [5.41, 5.74) is -0.323. The smallest absolute Gasteiger partial charge is 0.254 e. The maximum absolute atomic E-state index is 14.0. The third-order valence-corrected chi connectivity index (χ3v) is 6.18. The van der Waals surface area contributed by atoms with Crippen LogP contribution in [0.2, 0.25) is 0 Å². The standard InChI is InChI=1S/C25H34F2N2O3S/c1-4-5-11-22(23(30)16-33-15-19-8-7-12-32-19)28-14-18(13-17(2)3)29-25(31)20-9-6-10-21(26)24(20)27/h6-10,12,17-18,22,28H,4-5,11,13-16H2,1-3H3,(H,29,31). The van der Waals surface area contributed by atoms with Gasteiger partial charge in [0.25, 0.3) is 5.91 Å². The lowest BCUT2D eigenvalue weighted by atomic mass is 10.0. The van der Waals surface area contributed by atoms with Gasteiger partial charge >= 0.3 is 0 Å². The molecular formula is C25H34F2N2O3S. The van der Waals surface area contributed by atoms with Gasteiger partial charge in [-0.05, 0) is 43.0 Å². The van der Waals surface area contributed by atoms with Crippen molar-refractivity contribution >= 4 is 23.5 Å². The lowest BCUT2D eigenvalue weighted by Gasteiger charge is -2.25. The molecule has 182 valence electrons. The molecule has 0 saturated carbocycles. The molecule has 0 bridgehead atoms. The van der Waals surface area contributed by atoms with E-state index in [0.717, 1.165) is 24.7 Å². The first-order valence-electron chi connectivity index (χ1n) is 11.4. The molecule has 1 amide bonds. The van der Waals surface area contributed by atoms with E-state index in [0.29, 0.717) is 30.9 Å². The molecule has 5 nitrogen and oxygen atoms in total. The summed E-state index contributed by atoms with van der Waals surface area (Å²) in [4.78, 5) is 25.4. The van der Waals surface area contributed by atoms with Crippen molar-refractivity contribution in [3.8, 4) is 0 Å². The van der Waals surface area contributed by atoms with Gasteiger partial charge in [-0.15, -0.1) is 11.8 Å². The molecule has 0 radical (unpaired) electrons. The topological polar surface area (TPSA) is 71.3 Å². The monoisotopic (exact) mass is 480 g/mol. The van der Waals surface area contributed by atoms with Crippen LogP contribution in [0.25, 0.3) is 0 Å². The molecule has 2 atom stereocenters. The maximum Gasteiger partial charge on any atom is 0.254 e. The molecule has 33 heavy (non-hydrogen) atoms. The van der Waals surface area contributed by atoms with Crippen LogP contribution >= 0.6 is 11.8 Å². The van der Waals surface area contributed by atoms with Crippen LogP contribution in [0.4, 0.5) is 8.78 Å². The molecule has 2 aromatic rings. The molecule has 0 spiro atoms. The van der Waals surface area contributed by atoms with Gasteiger partial charge in [0.15, 0.2) is 17.4 Å². The highest BCUT2D eigenvalue weighted by atomic mass is 32.2. The first kappa shape index (κ1) is 27.1. The van der Waals surface area contributed by atoms with Crippen molar-refractivity contribution in [3.05, 3.63) is 59.6 Å². The number of nitrogens with one attached hydrogen (secondary N) is 2. The van der Waals surface area contributed by atoms with Gasteiger partial charge in [0, 0.05) is 12.6 Å². The Morgan fingerprint density at radius 2 is 1.94 bits per heavy atom. The van der Waals surface area contributed by atoms with Crippen LogP contribution in [0, 0.1) is 17.6 Å². The number of halogens is 2. The number of ketones is 1. The molecule has 0 fully saturated rings. The normalized spacial score (nSPS) is 13.2. The van der Waals surface area contributed by atoms with E-state index in [1.807, 2.05) is 26.0 Å². The minimum absolute atomic E-state index is 0.103. The van der Waals surface area contributed by atoms with E-state index in [1.54, 1.807) is 6.26 Å². The number of thioether (sulfide) groups is 1. The van der Waals surface area contributed by atoms with E-state index >= 15 is 0 Å². The zero-order chi connectivity index (χ0) is 24.2. The summed E-state index contributed by atoms with van der Waals surface area (Å²) in [5.74, 6) is -0.689. The molecular weight excluding hydrogens is 446 g/mol. The second-order valence-electron chi connectivity index (χ2n) is 8.54. The molecule has 2 rings (SSSR count). The third-order valence-electron chi connectivity index (χ3n) is 5.20. The zero-order valence-corrected chi connectivity index (χ0v) is 20.4. The van der Waals surface area contributed by atoms with Gasteiger partial charge in [-0.2, -0.15) is 0 Å². The van der Waals surface area contributed by atoms with Gasteiger partial charge in [0.1, 0.15) is 5.76 Å². The average Bonchev–Trinajstić information content (AvgIpc) is 3.28. The highest BCUT2D eigenvalue weighted by molar-refractivity contribution is 7.99. The quantitative estimate of drug-likeness (QED) is 0.359. The van der Waals surface area contributed by atoms with Crippen molar-refractivity contribution in [1.82, 2.24) is 10.6 Å². The van der Waals surface area contributed by atoms with Gasteiger partial charge in [-0.3, -0.25) is 9.59 Å². The molecule has 1 aromatic carbocycles. The number of unbranched alkanes of at least 4 members (excludes halogenated alkanes) is 1. The summed E-state index contributed by atoms with van der Waals surface area (Å²) < 4.78 is 32.9. The predicted molar refractivity (Wildman–Crippen MR) is 128 cm³/mol. The molecule has 0 aliphatic heterocycles. The Balaban J connectivity index is 1.97. The Hall–Kier alpha value is -2.19. The van der Waals surface area contributed by atoms with Gasteiger partial charge in [-0.25, -0.2) is 8.78 Å². The summed E-state index contributed by atoms with van der Waals surface area (Å²) >= 11 is 1.51. The van der Waals surface area contributed by atoms with Crippen molar-refractivity contribution in [2.45, 2.75) is 64.3 Å². The van der Waals surface area contributed by atoms with Gasteiger partial charge in [-0.1, -0.05) is 39.7 Å². The molecule has 8 heteroatoms. The van der Waals surface area contributed by atoms with Crippen LogP contribution in [0.15, 0.2) is 41.0 Å². The number of carbonyl (C=O) groups is 2. The van der Waals surface area contributed by atoms with Gasteiger partial charge in [0.2, 0.25) is 0 Å². The molecule has 0 saturated heterocycles. The van der Waals surface area contributed by atoms with Crippen molar-refractivity contribution in [2.75, 3.05) is 12.3 Å². The Kier molecular flexibility index (Phi) is 11.6. The van der Waals surface area contributed by atoms with Crippen LogP contribution in [-0.2, 0) is 10.5 Å². The molecule has 2 unspecified atom stereocenters. The van der Waals surface area contributed by atoms with E-state index in [1.165, 1.54) is 23.9 Å². The Labute approximate surface area is 199 Å². The van der Waals surface area contributed by atoms with E-state index in [9.17, 15) is 18.4 Å². The van der Waals surface area contributed by atoms with E-state index in [2.05, 4.69) is 17.6 Å². The summed E-state index contributed by atoms with van der Waals surface area (Å²) in [6.45, 7) is 6.48.